The maximum atomic E-state index is 8.68. The van der Waals surface area contributed by atoms with Crippen LogP contribution in [-0.2, 0) is 6.42 Å². The molecule has 0 spiro atoms. The van der Waals surface area contributed by atoms with Crippen LogP contribution in [0.2, 0.25) is 10.0 Å². The number of anilines is 1. The van der Waals surface area contributed by atoms with Crippen LogP contribution in [0.3, 0.4) is 0 Å². The van der Waals surface area contributed by atoms with Crippen LogP contribution in [0.25, 0.3) is 11.3 Å². The van der Waals surface area contributed by atoms with Crippen molar-refractivity contribution in [3.05, 3.63) is 46.1 Å². The summed E-state index contributed by atoms with van der Waals surface area (Å²) in [5.41, 5.74) is 8.40. The maximum Gasteiger partial charge on any atom is 0.0935 e. The van der Waals surface area contributed by atoms with E-state index in [1.807, 2.05) is 6.07 Å². The molecule has 1 aromatic heterocycles. The van der Waals surface area contributed by atoms with Crippen LogP contribution in [0, 0.1) is 11.3 Å². The Morgan fingerprint density at radius 3 is 2.44 bits per heavy atom. The molecule has 18 heavy (non-hydrogen) atoms. The van der Waals surface area contributed by atoms with Crippen LogP contribution in [0.15, 0.2) is 30.3 Å². The highest BCUT2D eigenvalue weighted by Gasteiger charge is 2.08. The molecule has 0 amide bonds. The van der Waals surface area contributed by atoms with Gasteiger partial charge in [0.1, 0.15) is 0 Å². The molecule has 5 heteroatoms. The minimum atomic E-state index is 0.238. The number of nitrogens with two attached hydrogens (primary N) is 1. The molecule has 90 valence electrons. The van der Waals surface area contributed by atoms with Gasteiger partial charge < -0.3 is 5.73 Å². The van der Waals surface area contributed by atoms with Crippen LogP contribution in [-0.4, -0.2) is 4.98 Å². The Morgan fingerprint density at radius 1 is 1.17 bits per heavy atom. The van der Waals surface area contributed by atoms with E-state index in [-0.39, 0.29) is 6.42 Å². The molecule has 3 nitrogen and oxygen atoms in total. The zero-order valence-electron chi connectivity index (χ0n) is 9.32. The van der Waals surface area contributed by atoms with Gasteiger partial charge >= 0.3 is 0 Å². The van der Waals surface area contributed by atoms with Crippen molar-refractivity contribution in [1.29, 1.82) is 5.26 Å². The third-order valence-corrected chi connectivity index (χ3v) is 2.82. The van der Waals surface area contributed by atoms with Crippen molar-refractivity contribution in [1.82, 2.24) is 4.98 Å². The van der Waals surface area contributed by atoms with Gasteiger partial charge in [-0.25, -0.2) is 4.98 Å². The standard InChI is InChI=1S/C13H9Cl2N3/c14-9-5-8(6-10(15)7-9)13-12(17)2-1-11(18-13)3-4-16/h1-2,5-7H,3,17H2. The second-order valence-corrected chi connectivity index (χ2v) is 4.61. The number of nitriles is 1. The van der Waals surface area contributed by atoms with Crippen molar-refractivity contribution in [2.75, 3.05) is 5.73 Å². The first-order valence-electron chi connectivity index (χ1n) is 5.19. The number of halogens is 2. The molecule has 1 heterocycles. The van der Waals surface area contributed by atoms with Gasteiger partial charge in [0.2, 0.25) is 0 Å². The second kappa shape index (κ2) is 5.26. The molecule has 2 N–H and O–H groups in total. The lowest BCUT2D eigenvalue weighted by Gasteiger charge is -2.07. The molecule has 1 aromatic carbocycles. The van der Waals surface area contributed by atoms with E-state index in [0.717, 1.165) is 5.56 Å². The van der Waals surface area contributed by atoms with E-state index < -0.39 is 0 Å². The van der Waals surface area contributed by atoms with Crippen LogP contribution >= 0.6 is 23.2 Å². The van der Waals surface area contributed by atoms with Crippen molar-refractivity contribution in [2.24, 2.45) is 0 Å². The second-order valence-electron chi connectivity index (χ2n) is 3.73. The van der Waals surface area contributed by atoms with Gasteiger partial charge in [-0.2, -0.15) is 5.26 Å². The topological polar surface area (TPSA) is 62.7 Å². The number of hydrogen-bond donors (Lipinski definition) is 1. The predicted molar refractivity (Wildman–Crippen MR) is 73.4 cm³/mol. The summed E-state index contributed by atoms with van der Waals surface area (Å²) in [6, 6.07) is 10.6. The van der Waals surface area contributed by atoms with Crippen LogP contribution in [0.4, 0.5) is 5.69 Å². The number of nitrogens with zero attached hydrogens (tertiary/aromatic N) is 2. The van der Waals surface area contributed by atoms with Gasteiger partial charge in [-0.15, -0.1) is 0 Å². The summed E-state index contributed by atoms with van der Waals surface area (Å²) in [7, 11) is 0. The first-order valence-corrected chi connectivity index (χ1v) is 5.94. The van der Waals surface area contributed by atoms with Crippen LogP contribution in [0.1, 0.15) is 5.69 Å². The fraction of sp³-hybridized carbons (Fsp3) is 0.0769. The van der Waals surface area contributed by atoms with Gasteiger partial charge in [0, 0.05) is 15.6 Å². The molecule has 0 aliphatic heterocycles. The Bertz CT molecular complexity index is 612. The van der Waals surface area contributed by atoms with Crippen LogP contribution in [0.5, 0.6) is 0 Å². The highest BCUT2D eigenvalue weighted by Crippen LogP contribution is 2.29. The monoisotopic (exact) mass is 277 g/mol. The van der Waals surface area contributed by atoms with Gasteiger partial charge in [0.15, 0.2) is 0 Å². The number of rotatable bonds is 2. The number of hydrogen-bond acceptors (Lipinski definition) is 3. The van der Waals surface area contributed by atoms with Gasteiger partial charge in [0.05, 0.1) is 29.6 Å². The molecule has 0 bridgehead atoms. The quantitative estimate of drug-likeness (QED) is 0.910. The van der Waals surface area contributed by atoms with Crippen molar-refractivity contribution < 1.29 is 0 Å². The molecule has 0 atom stereocenters. The fourth-order valence-corrected chi connectivity index (χ4v) is 2.14. The van der Waals surface area contributed by atoms with Crippen LogP contribution < -0.4 is 5.73 Å². The normalized spacial score (nSPS) is 10.1. The van der Waals surface area contributed by atoms with E-state index in [9.17, 15) is 0 Å². The van der Waals surface area contributed by atoms with E-state index in [1.54, 1.807) is 30.3 Å². The molecular formula is C13H9Cl2N3. The fourth-order valence-electron chi connectivity index (χ4n) is 1.61. The Labute approximate surface area is 115 Å². The average molecular weight is 278 g/mol. The molecular weight excluding hydrogens is 269 g/mol. The minimum absolute atomic E-state index is 0.238. The number of pyridine rings is 1. The molecule has 0 radical (unpaired) electrons. The Morgan fingerprint density at radius 2 is 1.83 bits per heavy atom. The Kier molecular flexibility index (Phi) is 3.71. The summed E-state index contributed by atoms with van der Waals surface area (Å²) in [6.45, 7) is 0. The highest BCUT2D eigenvalue weighted by molar-refractivity contribution is 6.35. The summed E-state index contributed by atoms with van der Waals surface area (Å²) < 4.78 is 0. The summed E-state index contributed by atoms with van der Waals surface area (Å²) in [6.07, 6.45) is 0.238. The van der Waals surface area contributed by atoms with Crippen molar-refractivity contribution in [3.8, 4) is 17.3 Å². The lowest BCUT2D eigenvalue weighted by molar-refractivity contribution is 1.12. The molecule has 2 aromatic rings. The van der Waals surface area contributed by atoms with Gasteiger partial charge in [-0.1, -0.05) is 23.2 Å². The Hall–Kier alpha value is -1.76. The minimum Gasteiger partial charge on any atom is -0.397 e. The molecule has 0 unspecified atom stereocenters. The summed E-state index contributed by atoms with van der Waals surface area (Å²) >= 11 is 11.9. The zero-order valence-corrected chi connectivity index (χ0v) is 10.8. The van der Waals surface area contributed by atoms with E-state index in [4.69, 9.17) is 34.2 Å². The van der Waals surface area contributed by atoms with Crippen molar-refractivity contribution >= 4 is 28.9 Å². The van der Waals surface area contributed by atoms with Gasteiger partial charge in [-0.05, 0) is 30.3 Å². The zero-order chi connectivity index (χ0) is 13.1. The summed E-state index contributed by atoms with van der Waals surface area (Å²) in [5, 5.41) is 9.71. The SMILES string of the molecule is N#CCc1ccc(N)c(-c2cc(Cl)cc(Cl)c2)n1. The highest BCUT2D eigenvalue weighted by atomic mass is 35.5. The molecule has 2 rings (SSSR count). The van der Waals surface area contributed by atoms with Crippen molar-refractivity contribution in [3.63, 3.8) is 0 Å². The van der Waals surface area contributed by atoms with E-state index in [1.165, 1.54) is 0 Å². The molecule has 0 fully saturated rings. The molecule has 0 saturated carbocycles. The molecule has 0 aliphatic carbocycles. The summed E-state index contributed by atoms with van der Waals surface area (Å²) in [5.74, 6) is 0. The third kappa shape index (κ3) is 2.73. The number of benzene rings is 1. The van der Waals surface area contributed by atoms with Gasteiger partial charge in [0.25, 0.3) is 0 Å². The van der Waals surface area contributed by atoms with E-state index in [0.29, 0.717) is 27.1 Å². The third-order valence-electron chi connectivity index (χ3n) is 2.38. The van der Waals surface area contributed by atoms with E-state index in [2.05, 4.69) is 4.98 Å². The number of aromatic nitrogens is 1. The number of nitrogen functional groups attached to an aromatic ring is 1. The lowest BCUT2D eigenvalue weighted by Crippen LogP contribution is -1.97. The molecule has 0 aliphatic rings. The van der Waals surface area contributed by atoms with E-state index >= 15 is 0 Å². The molecule has 0 saturated heterocycles. The smallest absolute Gasteiger partial charge is 0.0935 e. The predicted octanol–water partition coefficient (Wildman–Crippen LogP) is 3.70. The maximum absolute atomic E-state index is 8.68. The summed E-state index contributed by atoms with van der Waals surface area (Å²) in [4.78, 5) is 4.35. The van der Waals surface area contributed by atoms with Gasteiger partial charge in [-0.3, -0.25) is 0 Å². The first-order chi connectivity index (χ1) is 8.60. The first kappa shape index (κ1) is 12.7. The average Bonchev–Trinajstić information content (AvgIpc) is 2.30. The largest absolute Gasteiger partial charge is 0.397 e. The lowest BCUT2D eigenvalue weighted by atomic mass is 10.1. The van der Waals surface area contributed by atoms with Crippen molar-refractivity contribution in [2.45, 2.75) is 6.42 Å². The Balaban J connectivity index is 2.55.